The smallest absolute Gasteiger partial charge is 0.315 e. The number of aliphatic hydroxyl groups excluding tert-OH is 1. The summed E-state index contributed by atoms with van der Waals surface area (Å²) in [6.45, 7) is 4.49. The van der Waals surface area contributed by atoms with E-state index in [-0.39, 0.29) is 18.2 Å². The lowest BCUT2D eigenvalue weighted by atomic mass is 9.95. The molecular formula is C16H27N3O2. The van der Waals surface area contributed by atoms with Gasteiger partial charge >= 0.3 is 6.03 Å². The quantitative estimate of drug-likeness (QED) is 0.721. The summed E-state index contributed by atoms with van der Waals surface area (Å²) in [5.74, 6) is 0. The maximum absolute atomic E-state index is 11.9. The zero-order valence-electron chi connectivity index (χ0n) is 13.4. The van der Waals surface area contributed by atoms with Crippen LogP contribution in [-0.2, 0) is 6.54 Å². The van der Waals surface area contributed by atoms with Gasteiger partial charge in [-0.3, -0.25) is 0 Å². The average molecular weight is 293 g/mol. The van der Waals surface area contributed by atoms with Gasteiger partial charge in [-0.05, 0) is 37.5 Å². The Morgan fingerprint density at radius 1 is 1.29 bits per heavy atom. The molecule has 0 radical (unpaired) electrons. The highest BCUT2D eigenvalue weighted by atomic mass is 16.3. The molecule has 0 saturated carbocycles. The van der Waals surface area contributed by atoms with Gasteiger partial charge in [0.15, 0.2) is 0 Å². The second-order valence-corrected chi connectivity index (χ2v) is 5.76. The topological polar surface area (TPSA) is 64.6 Å². The highest BCUT2D eigenvalue weighted by Gasteiger charge is 2.23. The first-order chi connectivity index (χ1) is 9.90. The van der Waals surface area contributed by atoms with Crippen LogP contribution < -0.4 is 15.5 Å². The van der Waals surface area contributed by atoms with Crippen LogP contribution in [0.4, 0.5) is 10.5 Å². The first-order valence-corrected chi connectivity index (χ1v) is 7.33. The van der Waals surface area contributed by atoms with Crippen LogP contribution in [0.3, 0.4) is 0 Å². The Morgan fingerprint density at radius 3 is 2.38 bits per heavy atom. The van der Waals surface area contributed by atoms with E-state index in [0.717, 1.165) is 17.7 Å². The van der Waals surface area contributed by atoms with Crippen LogP contribution in [0, 0.1) is 0 Å². The Morgan fingerprint density at radius 2 is 1.90 bits per heavy atom. The van der Waals surface area contributed by atoms with E-state index in [0.29, 0.717) is 13.0 Å². The summed E-state index contributed by atoms with van der Waals surface area (Å²) in [5, 5.41) is 14.8. The van der Waals surface area contributed by atoms with Crippen molar-refractivity contribution in [3.05, 3.63) is 29.8 Å². The van der Waals surface area contributed by atoms with Gasteiger partial charge in [-0.1, -0.05) is 19.1 Å². The molecule has 2 amide bonds. The fourth-order valence-corrected chi connectivity index (χ4v) is 1.99. The van der Waals surface area contributed by atoms with Crippen molar-refractivity contribution in [3.63, 3.8) is 0 Å². The van der Waals surface area contributed by atoms with E-state index >= 15 is 0 Å². The number of hydrogen-bond donors (Lipinski definition) is 3. The Hall–Kier alpha value is -1.75. The monoisotopic (exact) mass is 293 g/mol. The van der Waals surface area contributed by atoms with Crippen molar-refractivity contribution in [2.24, 2.45) is 0 Å². The van der Waals surface area contributed by atoms with Crippen molar-refractivity contribution in [3.8, 4) is 0 Å². The van der Waals surface area contributed by atoms with Crippen molar-refractivity contribution >= 4 is 11.7 Å². The summed E-state index contributed by atoms with van der Waals surface area (Å²) in [6, 6.07) is 7.85. The van der Waals surface area contributed by atoms with Crippen molar-refractivity contribution in [2.45, 2.75) is 38.8 Å². The second kappa shape index (κ2) is 7.88. The van der Waals surface area contributed by atoms with Crippen LogP contribution in [0.5, 0.6) is 0 Å². The standard InChI is InChI=1S/C16H27N3O2/c1-5-16(2,10-11-20)18-15(21)17-12-13-6-8-14(9-7-13)19(3)4/h6-9,20H,5,10-12H2,1-4H3,(H2,17,18,21). The molecule has 0 aliphatic heterocycles. The minimum atomic E-state index is -0.367. The molecule has 1 atom stereocenters. The second-order valence-electron chi connectivity index (χ2n) is 5.76. The Bertz CT molecular complexity index is 445. The van der Waals surface area contributed by atoms with E-state index in [4.69, 9.17) is 5.11 Å². The lowest BCUT2D eigenvalue weighted by Gasteiger charge is -2.29. The number of urea groups is 1. The molecule has 1 aromatic rings. The molecule has 0 aliphatic carbocycles. The normalized spacial score (nSPS) is 13.4. The van der Waals surface area contributed by atoms with E-state index in [1.807, 2.05) is 57.1 Å². The van der Waals surface area contributed by atoms with E-state index < -0.39 is 0 Å². The number of carbonyl (C=O) groups is 1. The molecule has 5 nitrogen and oxygen atoms in total. The molecular weight excluding hydrogens is 266 g/mol. The highest BCUT2D eigenvalue weighted by Crippen LogP contribution is 2.14. The highest BCUT2D eigenvalue weighted by molar-refractivity contribution is 5.74. The third-order valence-corrected chi connectivity index (χ3v) is 3.77. The van der Waals surface area contributed by atoms with Crippen LogP contribution in [0.2, 0.25) is 0 Å². The van der Waals surface area contributed by atoms with Crippen LogP contribution in [-0.4, -0.2) is 37.4 Å². The Labute approximate surface area is 127 Å². The molecule has 1 unspecified atom stereocenters. The number of benzene rings is 1. The summed E-state index contributed by atoms with van der Waals surface area (Å²) in [6.07, 6.45) is 1.33. The molecule has 1 rings (SSSR count). The molecule has 0 aliphatic rings. The fourth-order valence-electron chi connectivity index (χ4n) is 1.99. The summed E-state index contributed by atoms with van der Waals surface area (Å²) in [5.41, 5.74) is 1.81. The summed E-state index contributed by atoms with van der Waals surface area (Å²) < 4.78 is 0. The minimum absolute atomic E-state index is 0.0661. The summed E-state index contributed by atoms with van der Waals surface area (Å²) in [7, 11) is 3.99. The molecule has 0 aromatic heterocycles. The molecule has 3 N–H and O–H groups in total. The van der Waals surface area contributed by atoms with Crippen LogP contribution in [0.25, 0.3) is 0 Å². The molecule has 0 fully saturated rings. The molecule has 118 valence electrons. The van der Waals surface area contributed by atoms with Crippen LogP contribution in [0.15, 0.2) is 24.3 Å². The minimum Gasteiger partial charge on any atom is -0.396 e. The van der Waals surface area contributed by atoms with Crippen molar-refractivity contribution in [1.29, 1.82) is 0 Å². The number of amides is 2. The number of aliphatic hydroxyl groups is 1. The predicted octanol–water partition coefficient (Wildman–Crippen LogP) is 2.10. The van der Waals surface area contributed by atoms with E-state index in [9.17, 15) is 4.79 Å². The number of rotatable bonds is 7. The van der Waals surface area contributed by atoms with Gasteiger partial charge < -0.3 is 20.6 Å². The zero-order valence-corrected chi connectivity index (χ0v) is 13.4. The first-order valence-electron chi connectivity index (χ1n) is 7.33. The zero-order chi connectivity index (χ0) is 15.9. The molecule has 21 heavy (non-hydrogen) atoms. The predicted molar refractivity (Wildman–Crippen MR) is 86.5 cm³/mol. The van der Waals surface area contributed by atoms with Crippen molar-refractivity contribution < 1.29 is 9.90 Å². The number of nitrogens with one attached hydrogen (secondary N) is 2. The first kappa shape index (κ1) is 17.3. The number of anilines is 1. The number of hydrogen-bond acceptors (Lipinski definition) is 3. The molecule has 1 aromatic carbocycles. The molecule has 0 spiro atoms. The summed E-state index contributed by atoms with van der Waals surface area (Å²) in [4.78, 5) is 14.0. The van der Waals surface area contributed by atoms with Crippen LogP contribution in [0.1, 0.15) is 32.3 Å². The van der Waals surface area contributed by atoms with Gasteiger partial charge in [-0.15, -0.1) is 0 Å². The SMILES string of the molecule is CCC(C)(CCO)NC(=O)NCc1ccc(N(C)C)cc1. The van der Waals surface area contributed by atoms with Crippen LogP contribution >= 0.6 is 0 Å². The number of carbonyl (C=O) groups excluding carboxylic acids is 1. The van der Waals surface area contributed by atoms with E-state index in [2.05, 4.69) is 10.6 Å². The van der Waals surface area contributed by atoms with Crippen molar-refractivity contribution in [1.82, 2.24) is 10.6 Å². The maximum atomic E-state index is 11.9. The molecule has 0 bridgehead atoms. The fraction of sp³-hybridized carbons (Fsp3) is 0.562. The van der Waals surface area contributed by atoms with Gasteiger partial charge in [-0.2, -0.15) is 0 Å². The van der Waals surface area contributed by atoms with Gasteiger partial charge in [0.25, 0.3) is 0 Å². The number of nitrogens with zero attached hydrogens (tertiary/aromatic N) is 1. The van der Waals surface area contributed by atoms with E-state index in [1.54, 1.807) is 0 Å². The van der Waals surface area contributed by atoms with Gasteiger partial charge in [0.05, 0.1) is 0 Å². The third kappa shape index (κ3) is 5.63. The Balaban J connectivity index is 2.49. The molecule has 0 heterocycles. The maximum Gasteiger partial charge on any atom is 0.315 e. The van der Waals surface area contributed by atoms with Gasteiger partial charge in [-0.25, -0.2) is 4.79 Å². The largest absolute Gasteiger partial charge is 0.396 e. The lowest BCUT2D eigenvalue weighted by molar-refractivity contribution is 0.200. The summed E-state index contributed by atoms with van der Waals surface area (Å²) >= 11 is 0. The third-order valence-electron chi connectivity index (χ3n) is 3.77. The molecule has 0 saturated heterocycles. The van der Waals surface area contributed by atoms with Crippen molar-refractivity contribution in [2.75, 3.05) is 25.6 Å². The van der Waals surface area contributed by atoms with E-state index in [1.165, 1.54) is 0 Å². The Kier molecular flexibility index (Phi) is 6.49. The van der Waals surface area contributed by atoms with Gasteiger partial charge in [0.1, 0.15) is 0 Å². The molecule has 5 heteroatoms. The van der Waals surface area contributed by atoms with Gasteiger partial charge in [0.2, 0.25) is 0 Å². The lowest BCUT2D eigenvalue weighted by Crippen LogP contribution is -2.50. The van der Waals surface area contributed by atoms with Gasteiger partial charge in [0, 0.05) is 38.5 Å². The average Bonchev–Trinajstić information content (AvgIpc) is 2.45.